The maximum absolute atomic E-state index is 13.2. The van der Waals surface area contributed by atoms with Gasteiger partial charge < -0.3 is 10.1 Å². The van der Waals surface area contributed by atoms with E-state index in [4.69, 9.17) is 4.74 Å². The van der Waals surface area contributed by atoms with Crippen LogP contribution in [0.2, 0.25) is 0 Å². The highest BCUT2D eigenvalue weighted by Gasteiger charge is 2.25. The Morgan fingerprint density at radius 3 is 2.81 bits per heavy atom. The van der Waals surface area contributed by atoms with Crippen LogP contribution in [-0.2, 0) is 30.5 Å². The number of thiophene rings is 1. The molecular weight excluding hydrogens is 427 g/mol. The molecule has 1 aromatic carbocycles. The van der Waals surface area contributed by atoms with Gasteiger partial charge in [-0.3, -0.25) is 14.3 Å². The van der Waals surface area contributed by atoms with Crippen molar-refractivity contribution in [2.24, 2.45) is 0 Å². The molecule has 0 amide bonds. The summed E-state index contributed by atoms with van der Waals surface area (Å²) < 4.78 is 20.2. The number of ether oxygens (including phenoxy) is 1. The molecule has 0 saturated carbocycles. The Balaban J connectivity index is 1.23. The Kier molecular flexibility index (Phi) is 6.64. The van der Waals surface area contributed by atoms with Gasteiger partial charge in [-0.25, -0.2) is 9.37 Å². The van der Waals surface area contributed by atoms with Crippen LogP contribution >= 0.6 is 11.3 Å². The summed E-state index contributed by atoms with van der Waals surface area (Å²) in [5, 5.41) is 4.48. The number of nitrogens with zero attached hydrogens (tertiary/aromatic N) is 3. The van der Waals surface area contributed by atoms with E-state index in [1.165, 1.54) is 22.6 Å². The van der Waals surface area contributed by atoms with E-state index in [1.54, 1.807) is 22.2 Å². The molecular formula is C24H29FN4O2S. The van der Waals surface area contributed by atoms with Crippen LogP contribution in [0.5, 0.6) is 0 Å². The van der Waals surface area contributed by atoms with E-state index in [0.717, 1.165) is 80.9 Å². The molecule has 2 aliphatic rings. The first-order chi connectivity index (χ1) is 15.7. The molecule has 2 aromatic heterocycles. The van der Waals surface area contributed by atoms with Crippen LogP contribution in [0.4, 0.5) is 4.39 Å². The molecule has 32 heavy (non-hydrogen) atoms. The maximum atomic E-state index is 13.2. The molecule has 0 spiro atoms. The zero-order valence-electron chi connectivity index (χ0n) is 18.2. The summed E-state index contributed by atoms with van der Waals surface area (Å²) in [4.78, 5) is 22.3. The second-order valence-electron chi connectivity index (χ2n) is 8.65. The lowest BCUT2D eigenvalue weighted by Crippen LogP contribution is -2.39. The second kappa shape index (κ2) is 9.79. The van der Waals surface area contributed by atoms with Gasteiger partial charge >= 0.3 is 0 Å². The number of hydrogen-bond donors (Lipinski definition) is 1. The molecule has 1 N–H and O–H groups in total. The van der Waals surface area contributed by atoms with Gasteiger partial charge in [-0.1, -0.05) is 12.1 Å². The number of nitrogens with one attached hydrogen (secondary N) is 1. The second-order valence-corrected chi connectivity index (χ2v) is 9.74. The Hall–Kier alpha value is -2.13. The minimum Gasteiger partial charge on any atom is -0.379 e. The number of morpholine rings is 1. The van der Waals surface area contributed by atoms with Crippen molar-refractivity contribution < 1.29 is 9.13 Å². The zero-order chi connectivity index (χ0) is 21.9. The lowest BCUT2D eigenvalue weighted by molar-refractivity contribution is 0.0362. The summed E-state index contributed by atoms with van der Waals surface area (Å²) in [7, 11) is 0. The van der Waals surface area contributed by atoms with Gasteiger partial charge in [0.25, 0.3) is 5.56 Å². The Labute approximate surface area is 191 Å². The average Bonchev–Trinajstić information content (AvgIpc) is 3.19. The monoisotopic (exact) mass is 456 g/mol. The summed E-state index contributed by atoms with van der Waals surface area (Å²) in [5.74, 6) is -0.194. The van der Waals surface area contributed by atoms with Crippen molar-refractivity contribution in [3.8, 4) is 0 Å². The van der Waals surface area contributed by atoms with Crippen molar-refractivity contribution in [3.63, 3.8) is 0 Å². The third-order valence-electron chi connectivity index (χ3n) is 6.56. The lowest BCUT2D eigenvalue weighted by Gasteiger charge is -2.26. The van der Waals surface area contributed by atoms with Gasteiger partial charge in [0.05, 0.1) is 24.9 Å². The van der Waals surface area contributed by atoms with Crippen molar-refractivity contribution >= 4 is 21.6 Å². The number of fused-ring (bicyclic) bond motifs is 3. The first-order valence-electron chi connectivity index (χ1n) is 11.4. The van der Waals surface area contributed by atoms with E-state index in [0.29, 0.717) is 12.6 Å². The minimum atomic E-state index is -0.194. The molecule has 1 atom stereocenters. The van der Waals surface area contributed by atoms with Crippen LogP contribution in [-0.4, -0.2) is 59.9 Å². The summed E-state index contributed by atoms with van der Waals surface area (Å²) in [6, 6.07) is 7.12. The minimum absolute atomic E-state index is 0.100. The molecule has 1 unspecified atom stereocenters. The van der Waals surface area contributed by atoms with Crippen molar-refractivity contribution in [1.29, 1.82) is 0 Å². The van der Waals surface area contributed by atoms with Crippen LogP contribution in [0, 0.1) is 5.82 Å². The molecule has 1 saturated heterocycles. The van der Waals surface area contributed by atoms with Crippen molar-refractivity contribution in [2.45, 2.75) is 38.3 Å². The van der Waals surface area contributed by atoms with Crippen LogP contribution in [0.25, 0.3) is 10.2 Å². The maximum Gasteiger partial charge on any atom is 0.262 e. The van der Waals surface area contributed by atoms with E-state index in [-0.39, 0.29) is 11.4 Å². The Morgan fingerprint density at radius 2 is 2.00 bits per heavy atom. The van der Waals surface area contributed by atoms with E-state index in [9.17, 15) is 9.18 Å². The number of halogens is 1. The first-order valence-corrected chi connectivity index (χ1v) is 12.3. The summed E-state index contributed by atoms with van der Waals surface area (Å²) in [6.07, 6.45) is 5.46. The molecule has 8 heteroatoms. The highest BCUT2D eigenvalue weighted by atomic mass is 32.1. The zero-order valence-corrected chi connectivity index (χ0v) is 19.0. The highest BCUT2D eigenvalue weighted by Crippen LogP contribution is 2.33. The molecule has 5 rings (SSSR count). The Morgan fingerprint density at radius 1 is 1.19 bits per heavy atom. The topological polar surface area (TPSA) is 59.4 Å². The smallest absolute Gasteiger partial charge is 0.262 e. The quantitative estimate of drug-likeness (QED) is 0.592. The van der Waals surface area contributed by atoms with Gasteiger partial charge in [-0.2, -0.15) is 0 Å². The molecule has 0 radical (unpaired) electrons. The van der Waals surface area contributed by atoms with Crippen molar-refractivity contribution in [1.82, 2.24) is 19.8 Å². The summed E-state index contributed by atoms with van der Waals surface area (Å²) >= 11 is 1.67. The third kappa shape index (κ3) is 4.78. The normalized spacial score (nSPS) is 19.3. The number of benzene rings is 1. The molecule has 3 heterocycles. The standard InChI is InChI=1S/C24H29FN4O2S/c25-18-3-1-17(2-4-18)7-8-26-19-5-6-20-21(15-19)32-23-22(20)24(30)29(16-27-23)10-9-28-11-13-31-14-12-28/h1-4,16,19,26H,5-15H2. The van der Waals surface area contributed by atoms with Crippen LogP contribution in [0.3, 0.4) is 0 Å². The fourth-order valence-corrected chi connectivity index (χ4v) is 5.94. The fraction of sp³-hybridized carbons (Fsp3) is 0.500. The lowest BCUT2D eigenvalue weighted by atomic mass is 9.93. The molecule has 0 bridgehead atoms. The predicted molar refractivity (Wildman–Crippen MR) is 125 cm³/mol. The summed E-state index contributed by atoms with van der Waals surface area (Å²) in [6.45, 7) is 5.76. The molecule has 1 aliphatic carbocycles. The average molecular weight is 457 g/mol. The van der Waals surface area contributed by atoms with E-state index >= 15 is 0 Å². The molecule has 1 fully saturated rings. The number of aryl methyl sites for hydroxylation is 1. The molecule has 3 aromatic rings. The van der Waals surface area contributed by atoms with Crippen molar-refractivity contribution in [2.75, 3.05) is 39.4 Å². The van der Waals surface area contributed by atoms with E-state index in [2.05, 4.69) is 15.2 Å². The predicted octanol–water partition coefficient (Wildman–Crippen LogP) is 2.62. The van der Waals surface area contributed by atoms with Crippen molar-refractivity contribution in [3.05, 3.63) is 62.8 Å². The molecule has 170 valence electrons. The molecule has 6 nitrogen and oxygen atoms in total. The van der Waals surface area contributed by atoms with Gasteiger partial charge in [-0.05, 0) is 55.5 Å². The van der Waals surface area contributed by atoms with Crippen LogP contribution < -0.4 is 10.9 Å². The van der Waals surface area contributed by atoms with E-state index < -0.39 is 0 Å². The van der Waals surface area contributed by atoms with Gasteiger partial charge in [0.15, 0.2) is 0 Å². The van der Waals surface area contributed by atoms with Gasteiger partial charge in [0, 0.05) is 37.1 Å². The van der Waals surface area contributed by atoms with Crippen LogP contribution in [0.15, 0.2) is 35.4 Å². The first kappa shape index (κ1) is 21.7. The SMILES string of the molecule is O=c1c2c3c(sc2ncn1CCN1CCOCC1)CC(NCCc1ccc(F)cc1)CC3. The molecule has 1 aliphatic heterocycles. The van der Waals surface area contributed by atoms with Gasteiger partial charge in [0.2, 0.25) is 0 Å². The summed E-state index contributed by atoms with van der Waals surface area (Å²) in [5.41, 5.74) is 2.45. The number of aromatic nitrogens is 2. The number of rotatable bonds is 7. The Bertz CT molecular complexity index is 1120. The van der Waals surface area contributed by atoms with E-state index in [1.807, 2.05) is 12.1 Å². The fourth-order valence-electron chi connectivity index (χ4n) is 4.68. The van der Waals surface area contributed by atoms with Crippen LogP contribution in [0.1, 0.15) is 22.4 Å². The van der Waals surface area contributed by atoms with Gasteiger partial charge in [0.1, 0.15) is 10.6 Å². The number of hydrogen-bond acceptors (Lipinski definition) is 6. The highest BCUT2D eigenvalue weighted by molar-refractivity contribution is 7.18. The van der Waals surface area contributed by atoms with Gasteiger partial charge in [-0.15, -0.1) is 11.3 Å². The largest absolute Gasteiger partial charge is 0.379 e. The third-order valence-corrected chi connectivity index (χ3v) is 7.72.